The summed E-state index contributed by atoms with van der Waals surface area (Å²) in [5.74, 6) is 0.189. The first-order valence-corrected chi connectivity index (χ1v) is 9.71. The minimum atomic E-state index is 0.189. The Hall–Kier alpha value is -1.29. The SMILES string of the molecule is CCOC1CCCN(C(=O)c2cc(C)n(C3CCCCC3)c2C)C1. The minimum Gasteiger partial charge on any atom is -0.377 e. The average molecular weight is 332 g/mol. The van der Waals surface area contributed by atoms with E-state index in [9.17, 15) is 4.79 Å². The zero-order valence-electron chi connectivity index (χ0n) is 15.5. The van der Waals surface area contributed by atoms with Gasteiger partial charge in [-0.15, -0.1) is 0 Å². The van der Waals surface area contributed by atoms with Crippen molar-refractivity contribution in [3.8, 4) is 0 Å². The van der Waals surface area contributed by atoms with Crippen LogP contribution in [0.15, 0.2) is 6.07 Å². The number of rotatable bonds is 4. The summed E-state index contributed by atoms with van der Waals surface area (Å²) in [6, 6.07) is 2.69. The van der Waals surface area contributed by atoms with Crippen LogP contribution in [0.5, 0.6) is 0 Å². The van der Waals surface area contributed by atoms with E-state index in [1.165, 1.54) is 37.8 Å². The van der Waals surface area contributed by atoms with Gasteiger partial charge in [0.25, 0.3) is 5.91 Å². The molecule has 0 bridgehead atoms. The zero-order valence-corrected chi connectivity index (χ0v) is 15.5. The van der Waals surface area contributed by atoms with E-state index >= 15 is 0 Å². The third-order valence-corrected chi connectivity index (χ3v) is 5.72. The molecule has 0 spiro atoms. The molecular formula is C20H32N2O2. The maximum Gasteiger partial charge on any atom is 0.255 e. The van der Waals surface area contributed by atoms with Crippen LogP contribution in [0.2, 0.25) is 0 Å². The van der Waals surface area contributed by atoms with E-state index in [4.69, 9.17) is 4.74 Å². The molecule has 1 aromatic rings. The molecule has 1 saturated heterocycles. The molecule has 1 atom stereocenters. The third kappa shape index (κ3) is 3.53. The Morgan fingerprint density at radius 3 is 2.62 bits per heavy atom. The van der Waals surface area contributed by atoms with Gasteiger partial charge in [0, 0.05) is 37.1 Å². The molecule has 0 radical (unpaired) electrons. The summed E-state index contributed by atoms with van der Waals surface area (Å²) in [6.07, 6.45) is 8.79. The number of hydrogen-bond acceptors (Lipinski definition) is 2. The van der Waals surface area contributed by atoms with E-state index in [-0.39, 0.29) is 12.0 Å². The molecule has 0 N–H and O–H groups in total. The van der Waals surface area contributed by atoms with Gasteiger partial charge in [-0.3, -0.25) is 4.79 Å². The average Bonchev–Trinajstić information content (AvgIpc) is 2.90. The molecule has 4 heteroatoms. The van der Waals surface area contributed by atoms with Gasteiger partial charge in [0.05, 0.1) is 11.7 Å². The van der Waals surface area contributed by atoms with Crippen molar-refractivity contribution >= 4 is 5.91 Å². The van der Waals surface area contributed by atoms with Gasteiger partial charge in [0.1, 0.15) is 0 Å². The molecule has 1 amide bonds. The monoisotopic (exact) mass is 332 g/mol. The number of amides is 1. The van der Waals surface area contributed by atoms with Crippen molar-refractivity contribution < 1.29 is 9.53 Å². The number of carbonyl (C=O) groups is 1. The molecule has 1 aliphatic carbocycles. The first-order chi connectivity index (χ1) is 11.6. The van der Waals surface area contributed by atoms with Gasteiger partial charge < -0.3 is 14.2 Å². The minimum absolute atomic E-state index is 0.189. The van der Waals surface area contributed by atoms with Crippen LogP contribution < -0.4 is 0 Å². The van der Waals surface area contributed by atoms with Crippen LogP contribution in [0.1, 0.15) is 79.7 Å². The van der Waals surface area contributed by atoms with Gasteiger partial charge in [-0.2, -0.15) is 0 Å². The first-order valence-electron chi connectivity index (χ1n) is 9.71. The molecule has 24 heavy (non-hydrogen) atoms. The lowest BCUT2D eigenvalue weighted by Crippen LogP contribution is -2.43. The summed E-state index contributed by atoms with van der Waals surface area (Å²) < 4.78 is 8.18. The second kappa shape index (κ2) is 7.73. The van der Waals surface area contributed by atoms with E-state index in [0.717, 1.165) is 43.8 Å². The molecule has 1 aromatic heterocycles. The van der Waals surface area contributed by atoms with Crippen LogP contribution in [-0.2, 0) is 4.74 Å². The molecule has 1 saturated carbocycles. The lowest BCUT2D eigenvalue weighted by molar-refractivity contribution is 0.00720. The van der Waals surface area contributed by atoms with Crippen LogP contribution >= 0.6 is 0 Å². The van der Waals surface area contributed by atoms with Crippen molar-refractivity contribution in [2.45, 2.75) is 77.9 Å². The normalized spacial score (nSPS) is 22.8. The number of aryl methyl sites for hydroxylation is 1. The van der Waals surface area contributed by atoms with Gasteiger partial charge in [0.2, 0.25) is 0 Å². The Balaban J connectivity index is 1.77. The van der Waals surface area contributed by atoms with Crippen LogP contribution in [-0.4, -0.2) is 41.2 Å². The Bertz CT molecular complexity index is 570. The van der Waals surface area contributed by atoms with Crippen LogP contribution in [0, 0.1) is 13.8 Å². The Morgan fingerprint density at radius 2 is 1.92 bits per heavy atom. The zero-order chi connectivity index (χ0) is 17.1. The predicted molar refractivity (Wildman–Crippen MR) is 96.6 cm³/mol. The molecule has 2 fully saturated rings. The molecule has 1 unspecified atom stereocenters. The maximum absolute atomic E-state index is 13.1. The van der Waals surface area contributed by atoms with Crippen LogP contribution in [0.4, 0.5) is 0 Å². The second-order valence-corrected chi connectivity index (χ2v) is 7.42. The molecule has 1 aliphatic heterocycles. The molecular weight excluding hydrogens is 300 g/mol. The molecule has 4 nitrogen and oxygen atoms in total. The summed E-state index contributed by atoms with van der Waals surface area (Å²) in [5, 5.41) is 0. The molecule has 2 aliphatic rings. The highest BCUT2D eigenvalue weighted by Crippen LogP contribution is 2.32. The Labute approximate surface area is 146 Å². The number of likely N-dealkylation sites (tertiary alicyclic amines) is 1. The number of nitrogens with zero attached hydrogens (tertiary/aromatic N) is 2. The largest absolute Gasteiger partial charge is 0.377 e. The van der Waals surface area contributed by atoms with Gasteiger partial charge >= 0.3 is 0 Å². The highest BCUT2D eigenvalue weighted by atomic mass is 16.5. The fourth-order valence-electron chi connectivity index (χ4n) is 4.56. The number of aromatic nitrogens is 1. The fourth-order valence-corrected chi connectivity index (χ4v) is 4.56. The van der Waals surface area contributed by atoms with Gasteiger partial charge in [-0.05, 0) is 52.5 Å². The maximum atomic E-state index is 13.1. The van der Waals surface area contributed by atoms with Gasteiger partial charge in [-0.1, -0.05) is 19.3 Å². The second-order valence-electron chi connectivity index (χ2n) is 7.42. The van der Waals surface area contributed by atoms with E-state index < -0.39 is 0 Å². The quantitative estimate of drug-likeness (QED) is 0.826. The van der Waals surface area contributed by atoms with Crippen molar-refractivity contribution in [2.75, 3.05) is 19.7 Å². The summed E-state index contributed by atoms with van der Waals surface area (Å²) in [6.45, 7) is 8.62. The lowest BCUT2D eigenvalue weighted by Gasteiger charge is -2.32. The summed E-state index contributed by atoms with van der Waals surface area (Å²) in [5.41, 5.74) is 3.29. The van der Waals surface area contributed by atoms with Crippen LogP contribution in [0.25, 0.3) is 0 Å². The van der Waals surface area contributed by atoms with Gasteiger partial charge in [-0.25, -0.2) is 0 Å². The number of ether oxygens (including phenoxy) is 1. The topological polar surface area (TPSA) is 34.5 Å². The number of hydrogen-bond donors (Lipinski definition) is 0. The molecule has 3 rings (SSSR count). The van der Waals surface area contributed by atoms with Crippen LogP contribution in [0.3, 0.4) is 0 Å². The standard InChI is InChI=1S/C20H32N2O2/c1-4-24-18-11-8-12-21(14-18)20(23)19-13-15(2)22(16(19)3)17-9-6-5-7-10-17/h13,17-18H,4-12,14H2,1-3H3. The van der Waals surface area contributed by atoms with E-state index in [2.05, 4.69) is 24.5 Å². The number of piperidine rings is 1. The highest BCUT2D eigenvalue weighted by molar-refractivity contribution is 5.95. The number of carbonyl (C=O) groups excluding carboxylic acids is 1. The lowest BCUT2D eigenvalue weighted by atomic mass is 9.95. The summed E-state index contributed by atoms with van der Waals surface area (Å²) in [4.78, 5) is 15.1. The Morgan fingerprint density at radius 1 is 1.17 bits per heavy atom. The van der Waals surface area contributed by atoms with Gasteiger partial charge in [0.15, 0.2) is 0 Å². The Kier molecular flexibility index (Phi) is 5.65. The van der Waals surface area contributed by atoms with E-state index in [1.54, 1.807) is 0 Å². The van der Waals surface area contributed by atoms with Crippen molar-refractivity contribution in [1.82, 2.24) is 9.47 Å². The highest BCUT2D eigenvalue weighted by Gasteiger charge is 2.28. The first kappa shape index (κ1) is 17.5. The summed E-state index contributed by atoms with van der Waals surface area (Å²) in [7, 11) is 0. The molecule has 0 aromatic carbocycles. The molecule has 2 heterocycles. The van der Waals surface area contributed by atoms with E-state index in [1.807, 2.05) is 11.8 Å². The van der Waals surface area contributed by atoms with Crippen molar-refractivity contribution in [2.24, 2.45) is 0 Å². The summed E-state index contributed by atoms with van der Waals surface area (Å²) >= 11 is 0. The van der Waals surface area contributed by atoms with E-state index in [0.29, 0.717) is 6.04 Å². The molecule has 134 valence electrons. The smallest absolute Gasteiger partial charge is 0.255 e. The fraction of sp³-hybridized carbons (Fsp3) is 0.750. The predicted octanol–water partition coefficient (Wildman–Crippen LogP) is 4.25. The van der Waals surface area contributed by atoms with Crippen molar-refractivity contribution in [3.05, 3.63) is 23.0 Å². The third-order valence-electron chi connectivity index (χ3n) is 5.72. The van der Waals surface area contributed by atoms with Crippen molar-refractivity contribution in [3.63, 3.8) is 0 Å². The van der Waals surface area contributed by atoms with Crippen molar-refractivity contribution in [1.29, 1.82) is 0 Å².